The highest BCUT2D eigenvalue weighted by Gasteiger charge is 2.28. The van der Waals surface area contributed by atoms with Gasteiger partial charge in [-0.15, -0.1) is 0 Å². The van der Waals surface area contributed by atoms with Crippen LogP contribution in [0.3, 0.4) is 0 Å². The smallest absolute Gasteiger partial charge is 0.155 e. The molecule has 0 saturated carbocycles. The summed E-state index contributed by atoms with van der Waals surface area (Å²) >= 11 is 6.00. The molecule has 0 amide bonds. The van der Waals surface area contributed by atoms with Crippen molar-refractivity contribution < 1.29 is 9.18 Å². The minimum absolute atomic E-state index is 0.0848. The van der Waals surface area contributed by atoms with Gasteiger partial charge >= 0.3 is 0 Å². The van der Waals surface area contributed by atoms with Crippen molar-refractivity contribution in [2.24, 2.45) is 0 Å². The van der Waals surface area contributed by atoms with Crippen LogP contribution in [0.5, 0.6) is 0 Å². The molecule has 2 rings (SSSR count). The molecule has 1 unspecified atom stereocenters. The molecule has 0 aromatic heterocycles. The number of carbonyl (C=O) groups excluding carboxylic acids is 1. The SMILES string of the molecule is CN1CCN(C)C(C(=O)Cc2cc(F)ccc2Cl)C1. The minimum atomic E-state index is -0.360. The van der Waals surface area contributed by atoms with Crippen LogP contribution < -0.4 is 0 Å². The third-order valence-corrected chi connectivity index (χ3v) is 3.96. The lowest BCUT2D eigenvalue weighted by atomic mass is 10.0. The predicted molar refractivity (Wildman–Crippen MR) is 74.0 cm³/mol. The minimum Gasteiger partial charge on any atom is -0.303 e. The molecule has 0 spiro atoms. The Labute approximate surface area is 117 Å². The Morgan fingerprint density at radius 3 is 2.89 bits per heavy atom. The largest absolute Gasteiger partial charge is 0.303 e. The summed E-state index contributed by atoms with van der Waals surface area (Å²) in [7, 11) is 3.95. The number of ketones is 1. The van der Waals surface area contributed by atoms with E-state index < -0.39 is 0 Å². The fourth-order valence-electron chi connectivity index (χ4n) is 2.34. The van der Waals surface area contributed by atoms with E-state index in [-0.39, 0.29) is 24.1 Å². The van der Waals surface area contributed by atoms with Gasteiger partial charge in [-0.25, -0.2) is 4.39 Å². The first kappa shape index (κ1) is 14.4. The number of likely N-dealkylation sites (N-methyl/N-ethyl adjacent to an activating group) is 2. The highest BCUT2D eigenvalue weighted by molar-refractivity contribution is 6.31. The summed E-state index contributed by atoms with van der Waals surface area (Å²) in [5, 5.41) is 0.446. The number of Topliss-reactive ketones (excluding diaryl/α,β-unsaturated/α-hetero) is 1. The van der Waals surface area contributed by atoms with Crippen LogP contribution in [-0.4, -0.2) is 55.4 Å². The Morgan fingerprint density at radius 2 is 2.16 bits per heavy atom. The average Bonchev–Trinajstić information content (AvgIpc) is 2.36. The van der Waals surface area contributed by atoms with E-state index in [1.807, 2.05) is 14.1 Å². The number of hydrogen-bond donors (Lipinski definition) is 0. The van der Waals surface area contributed by atoms with Gasteiger partial charge in [0, 0.05) is 31.1 Å². The molecule has 1 aliphatic heterocycles. The molecular weight excluding hydrogens is 267 g/mol. The Morgan fingerprint density at radius 1 is 1.42 bits per heavy atom. The van der Waals surface area contributed by atoms with Crippen LogP contribution >= 0.6 is 11.6 Å². The van der Waals surface area contributed by atoms with E-state index in [1.165, 1.54) is 18.2 Å². The van der Waals surface area contributed by atoms with E-state index >= 15 is 0 Å². The molecule has 1 aromatic carbocycles. The quantitative estimate of drug-likeness (QED) is 0.846. The molecule has 1 atom stereocenters. The molecule has 1 fully saturated rings. The van der Waals surface area contributed by atoms with Gasteiger partial charge < -0.3 is 4.90 Å². The molecule has 0 aliphatic carbocycles. The van der Waals surface area contributed by atoms with E-state index in [1.54, 1.807) is 0 Å². The van der Waals surface area contributed by atoms with Crippen LogP contribution in [-0.2, 0) is 11.2 Å². The number of benzene rings is 1. The fourth-order valence-corrected chi connectivity index (χ4v) is 2.53. The van der Waals surface area contributed by atoms with Crippen molar-refractivity contribution in [3.05, 3.63) is 34.6 Å². The van der Waals surface area contributed by atoms with Gasteiger partial charge in [0.1, 0.15) is 5.82 Å². The summed E-state index contributed by atoms with van der Waals surface area (Å²) in [5.74, 6) is -0.275. The Bertz CT molecular complexity index is 481. The number of carbonyl (C=O) groups is 1. The zero-order valence-electron chi connectivity index (χ0n) is 11.2. The molecule has 5 heteroatoms. The second-order valence-electron chi connectivity index (χ2n) is 5.14. The van der Waals surface area contributed by atoms with E-state index in [0.717, 1.165) is 13.1 Å². The fraction of sp³-hybridized carbons (Fsp3) is 0.500. The van der Waals surface area contributed by atoms with Gasteiger partial charge in [-0.05, 0) is 37.9 Å². The molecule has 104 valence electrons. The third-order valence-electron chi connectivity index (χ3n) is 3.60. The van der Waals surface area contributed by atoms with Gasteiger partial charge in [0.25, 0.3) is 0 Å². The third kappa shape index (κ3) is 3.53. The summed E-state index contributed by atoms with van der Waals surface area (Å²) in [6.07, 6.45) is 0.180. The Hall–Kier alpha value is -0.970. The van der Waals surface area contributed by atoms with Gasteiger partial charge in [0.2, 0.25) is 0 Å². The summed E-state index contributed by atoms with van der Waals surface area (Å²) in [6.45, 7) is 2.53. The number of rotatable bonds is 3. The van der Waals surface area contributed by atoms with Crippen LogP contribution in [0, 0.1) is 5.82 Å². The van der Waals surface area contributed by atoms with Crippen LogP contribution in [0.25, 0.3) is 0 Å². The monoisotopic (exact) mass is 284 g/mol. The van der Waals surface area contributed by atoms with Crippen LogP contribution in [0.15, 0.2) is 18.2 Å². The van der Waals surface area contributed by atoms with Gasteiger partial charge in [0.05, 0.1) is 6.04 Å². The van der Waals surface area contributed by atoms with E-state index in [2.05, 4.69) is 9.80 Å². The van der Waals surface area contributed by atoms with Crippen molar-refractivity contribution in [1.29, 1.82) is 0 Å². The number of halogens is 2. The number of piperazine rings is 1. The summed E-state index contributed by atoms with van der Waals surface area (Å²) in [4.78, 5) is 16.5. The van der Waals surface area contributed by atoms with Crippen molar-refractivity contribution in [2.45, 2.75) is 12.5 Å². The standard InChI is InChI=1S/C14H18ClFN2O/c1-17-5-6-18(2)13(9-17)14(19)8-10-7-11(16)3-4-12(10)15/h3-4,7,13H,5-6,8-9H2,1-2H3. The first-order chi connectivity index (χ1) is 8.97. The first-order valence-electron chi connectivity index (χ1n) is 6.33. The molecule has 3 nitrogen and oxygen atoms in total. The molecule has 1 aromatic rings. The second kappa shape index (κ2) is 5.99. The Balaban J connectivity index is 2.09. The molecule has 1 heterocycles. The van der Waals surface area contributed by atoms with Crippen molar-refractivity contribution in [3.63, 3.8) is 0 Å². The van der Waals surface area contributed by atoms with Crippen LogP contribution in [0.2, 0.25) is 5.02 Å². The predicted octanol–water partition coefficient (Wildman–Crippen LogP) is 1.84. The highest BCUT2D eigenvalue weighted by atomic mass is 35.5. The lowest BCUT2D eigenvalue weighted by molar-refractivity contribution is -0.125. The van der Waals surface area contributed by atoms with Gasteiger partial charge in [-0.1, -0.05) is 11.6 Å². The molecule has 0 radical (unpaired) electrons. The summed E-state index contributed by atoms with van der Waals surface area (Å²) in [5.41, 5.74) is 0.563. The van der Waals surface area contributed by atoms with Crippen LogP contribution in [0.4, 0.5) is 4.39 Å². The van der Waals surface area contributed by atoms with Gasteiger partial charge in [0.15, 0.2) is 5.78 Å². The maximum absolute atomic E-state index is 13.2. The van der Waals surface area contributed by atoms with Gasteiger partial charge in [-0.2, -0.15) is 0 Å². The highest BCUT2D eigenvalue weighted by Crippen LogP contribution is 2.19. The van der Waals surface area contributed by atoms with Gasteiger partial charge in [-0.3, -0.25) is 9.69 Å². The molecular formula is C14H18ClFN2O. The Kier molecular flexibility index (Phi) is 4.55. The number of nitrogens with zero attached hydrogens (tertiary/aromatic N) is 2. The molecule has 0 N–H and O–H groups in total. The summed E-state index contributed by atoms with van der Waals surface area (Å²) < 4.78 is 13.2. The first-order valence-corrected chi connectivity index (χ1v) is 6.70. The molecule has 1 saturated heterocycles. The molecule has 19 heavy (non-hydrogen) atoms. The zero-order chi connectivity index (χ0) is 14.0. The average molecular weight is 285 g/mol. The van der Waals surface area contributed by atoms with E-state index in [0.29, 0.717) is 17.1 Å². The van der Waals surface area contributed by atoms with Crippen LogP contribution in [0.1, 0.15) is 5.56 Å². The van der Waals surface area contributed by atoms with E-state index in [4.69, 9.17) is 11.6 Å². The molecule has 0 bridgehead atoms. The lowest BCUT2D eigenvalue weighted by Crippen LogP contribution is -2.53. The topological polar surface area (TPSA) is 23.6 Å². The van der Waals surface area contributed by atoms with Crippen molar-refractivity contribution in [1.82, 2.24) is 9.80 Å². The second-order valence-corrected chi connectivity index (χ2v) is 5.54. The maximum atomic E-state index is 13.2. The lowest BCUT2D eigenvalue weighted by Gasteiger charge is -2.36. The zero-order valence-corrected chi connectivity index (χ0v) is 12.0. The van der Waals surface area contributed by atoms with Crippen molar-refractivity contribution in [2.75, 3.05) is 33.7 Å². The summed E-state index contributed by atoms with van der Waals surface area (Å²) in [6, 6.07) is 4.00. The molecule has 1 aliphatic rings. The normalized spacial score (nSPS) is 21.6. The number of hydrogen-bond acceptors (Lipinski definition) is 3. The van der Waals surface area contributed by atoms with E-state index in [9.17, 15) is 9.18 Å². The van der Waals surface area contributed by atoms with Crippen molar-refractivity contribution >= 4 is 17.4 Å². The van der Waals surface area contributed by atoms with Crippen molar-refractivity contribution in [3.8, 4) is 0 Å². The maximum Gasteiger partial charge on any atom is 0.155 e.